The Morgan fingerprint density at radius 2 is 2.17 bits per heavy atom. The Balaban J connectivity index is 2.12. The Kier molecular flexibility index (Phi) is 4.58. The average Bonchev–Trinajstić information content (AvgIpc) is 2.75. The maximum atomic E-state index is 13.7. The largest absolute Gasteiger partial charge is 0.485 e. The molecule has 18 heavy (non-hydrogen) atoms. The molecule has 0 unspecified atom stereocenters. The molecule has 0 radical (unpaired) electrons. The van der Waals surface area contributed by atoms with Crippen LogP contribution in [0.5, 0.6) is 5.75 Å². The van der Waals surface area contributed by atoms with Gasteiger partial charge in [0.2, 0.25) is 0 Å². The number of hydrogen-bond acceptors (Lipinski definition) is 3. The summed E-state index contributed by atoms with van der Waals surface area (Å²) in [4.78, 5) is 0.971. The number of benzene rings is 1. The van der Waals surface area contributed by atoms with Gasteiger partial charge < -0.3 is 10.1 Å². The second kappa shape index (κ2) is 6.18. The number of rotatable bonds is 5. The molecule has 1 aromatic carbocycles. The van der Waals surface area contributed by atoms with E-state index in [0.717, 1.165) is 10.4 Å². The smallest absolute Gasteiger partial charge is 0.165 e. The predicted octanol–water partition coefficient (Wildman–Crippen LogP) is 3.84. The van der Waals surface area contributed by atoms with E-state index in [1.165, 1.54) is 17.4 Å². The van der Waals surface area contributed by atoms with Gasteiger partial charge >= 0.3 is 0 Å². The Morgan fingerprint density at radius 3 is 2.83 bits per heavy atom. The van der Waals surface area contributed by atoms with Crippen LogP contribution < -0.4 is 10.1 Å². The molecule has 1 heterocycles. The highest BCUT2D eigenvalue weighted by Gasteiger charge is 2.10. The summed E-state index contributed by atoms with van der Waals surface area (Å²) in [7, 11) is 1.81. The molecule has 0 atom stereocenters. The molecule has 0 saturated heterocycles. The third kappa shape index (κ3) is 3.22. The fraction of sp³-hybridized carbons (Fsp3) is 0.231. The number of para-hydroxylation sites is 1. The van der Waals surface area contributed by atoms with E-state index in [1.54, 1.807) is 12.1 Å². The zero-order chi connectivity index (χ0) is 13.0. The van der Waals surface area contributed by atoms with Crippen molar-refractivity contribution in [1.82, 2.24) is 5.32 Å². The quantitative estimate of drug-likeness (QED) is 0.901. The van der Waals surface area contributed by atoms with E-state index in [2.05, 4.69) is 5.32 Å². The highest BCUT2D eigenvalue weighted by molar-refractivity contribution is 7.16. The van der Waals surface area contributed by atoms with Crippen LogP contribution in [0.2, 0.25) is 4.34 Å². The van der Waals surface area contributed by atoms with Crippen molar-refractivity contribution in [2.24, 2.45) is 0 Å². The van der Waals surface area contributed by atoms with Crippen LogP contribution >= 0.6 is 22.9 Å². The molecule has 5 heteroatoms. The monoisotopic (exact) mass is 285 g/mol. The van der Waals surface area contributed by atoms with Gasteiger partial charge in [0.15, 0.2) is 11.6 Å². The first kappa shape index (κ1) is 13.3. The van der Waals surface area contributed by atoms with E-state index >= 15 is 0 Å². The zero-order valence-corrected chi connectivity index (χ0v) is 11.4. The standard InChI is InChI=1S/C13H13ClFNOS/c1-16-7-9-3-2-4-11(15)13(9)17-8-10-5-6-12(14)18-10/h2-6,16H,7-8H2,1H3. The van der Waals surface area contributed by atoms with Crippen molar-refractivity contribution in [1.29, 1.82) is 0 Å². The molecule has 1 aromatic heterocycles. The minimum Gasteiger partial charge on any atom is -0.485 e. The van der Waals surface area contributed by atoms with Gasteiger partial charge in [0, 0.05) is 17.0 Å². The summed E-state index contributed by atoms with van der Waals surface area (Å²) in [6.07, 6.45) is 0. The fourth-order valence-electron chi connectivity index (χ4n) is 1.62. The number of hydrogen-bond donors (Lipinski definition) is 1. The van der Waals surface area contributed by atoms with E-state index in [1.807, 2.05) is 19.2 Å². The van der Waals surface area contributed by atoms with Crippen LogP contribution in [0.3, 0.4) is 0 Å². The molecule has 0 aliphatic carbocycles. The van der Waals surface area contributed by atoms with Crippen molar-refractivity contribution in [2.45, 2.75) is 13.2 Å². The Hall–Kier alpha value is -1.10. The highest BCUT2D eigenvalue weighted by atomic mass is 35.5. The number of ether oxygens (including phenoxy) is 1. The molecule has 2 rings (SSSR count). The van der Waals surface area contributed by atoms with Gasteiger partial charge in [0.1, 0.15) is 6.61 Å². The summed E-state index contributed by atoms with van der Waals surface area (Å²) < 4.78 is 20.0. The summed E-state index contributed by atoms with van der Waals surface area (Å²) in [5, 5.41) is 2.99. The second-order valence-electron chi connectivity index (χ2n) is 3.75. The minimum absolute atomic E-state index is 0.302. The first-order valence-corrected chi connectivity index (χ1v) is 6.69. The summed E-state index contributed by atoms with van der Waals surface area (Å²) in [6.45, 7) is 0.896. The highest BCUT2D eigenvalue weighted by Crippen LogP contribution is 2.26. The SMILES string of the molecule is CNCc1cccc(F)c1OCc1ccc(Cl)s1. The van der Waals surface area contributed by atoms with Gasteiger partial charge in [-0.15, -0.1) is 11.3 Å². The number of nitrogens with one attached hydrogen (secondary N) is 1. The van der Waals surface area contributed by atoms with Crippen LogP contribution in [-0.4, -0.2) is 7.05 Å². The van der Waals surface area contributed by atoms with Crippen molar-refractivity contribution in [3.8, 4) is 5.75 Å². The van der Waals surface area contributed by atoms with Gasteiger partial charge in [-0.05, 0) is 25.2 Å². The summed E-state index contributed by atoms with van der Waals surface area (Å²) >= 11 is 7.27. The molecule has 0 amide bonds. The molecule has 0 bridgehead atoms. The lowest BCUT2D eigenvalue weighted by Gasteiger charge is -2.11. The van der Waals surface area contributed by atoms with Gasteiger partial charge in [-0.3, -0.25) is 0 Å². The lowest BCUT2D eigenvalue weighted by atomic mass is 10.2. The van der Waals surface area contributed by atoms with Crippen LogP contribution in [-0.2, 0) is 13.2 Å². The van der Waals surface area contributed by atoms with E-state index in [0.29, 0.717) is 23.2 Å². The maximum Gasteiger partial charge on any atom is 0.165 e. The van der Waals surface area contributed by atoms with Crippen LogP contribution in [0.1, 0.15) is 10.4 Å². The van der Waals surface area contributed by atoms with E-state index in [-0.39, 0.29) is 5.82 Å². The van der Waals surface area contributed by atoms with Crippen LogP contribution in [0.4, 0.5) is 4.39 Å². The Morgan fingerprint density at radius 1 is 1.33 bits per heavy atom. The molecule has 0 fully saturated rings. The molecule has 2 aromatic rings. The molecule has 0 saturated carbocycles. The van der Waals surface area contributed by atoms with Gasteiger partial charge in [-0.2, -0.15) is 0 Å². The lowest BCUT2D eigenvalue weighted by molar-refractivity contribution is 0.289. The van der Waals surface area contributed by atoms with Gasteiger partial charge in [-0.25, -0.2) is 4.39 Å². The van der Waals surface area contributed by atoms with Crippen LogP contribution in [0.15, 0.2) is 30.3 Å². The van der Waals surface area contributed by atoms with Crippen molar-refractivity contribution in [3.05, 3.63) is 50.9 Å². The number of halogens is 2. The lowest BCUT2D eigenvalue weighted by Crippen LogP contribution is -2.08. The molecule has 0 aliphatic heterocycles. The zero-order valence-electron chi connectivity index (χ0n) is 9.87. The topological polar surface area (TPSA) is 21.3 Å². The molecular weight excluding hydrogens is 273 g/mol. The molecule has 1 N–H and O–H groups in total. The van der Waals surface area contributed by atoms with E-state index in [9.17, 15) is 4.39 Å². The minimum atomic E-state index is -0.342. The van der Waals surface area contributed by atoms with Crippen LogP contribution in [0.25, 0.3) is 0 Å². The van der Waals surface area contributed by atoms with Crippen molar-refractivity contribution < 1.29 is 9.13 Å². The third-order valence-electron chi connectivity index (χ3n) is 2.40. The van der Waals surface area contributed by atoms with Crippen LogP contribution in [0, 0.1) is 5.82 Å². The maximum absolute atomic E-state index is 13.7. The van der Waals surface area contributed by atoms with Gasteiger partial charge in [-0.1, -0.05) is 23.7 Å². The first-order chi connectivity index (χ1) is 8.70. The Bertz CT molecular complexity index is 529. The summed E-state index contributed by atoms with van der Waals surface area (Å²) in [6, 6.07) is 8.61. The molecule has 2 nitrogen and oxygen atoms in total. The molecule has 0 spiro atoms. The number of thiophene rings is 1. The van der Waals surface area contributed by atoms with E-state index in [4.69, 9.17) is 16.3 Å². The van der Waals surface area contributed by atoms with Gasteiger partial charge in [0.25, 0.3) is 0 Å². The van der Waals surface area contributed by atoms with Crippen molar-refractivity contribution in [2.75, 3.05) is 7.05 Å². The third-order valence-corrected chi connectivity index (χ3v) is 3.61. The summed E-state index contributed by atoms with van der Waals surface area (Å²) in [5.41, 5.74) is 0.806. The molecule has 0 aliphatic rings. The Labute approximate surface area is 114 Å². The molecular formula is C13H13ClFNOS. The normalized spacial score (nSPS) is 10.6. The first-order valence-electron chi connectivity index (χ1n) is 5.49. The van der Waals surface area contributed by atoms with E-state index < -0.39 is 0 Å². The molecule has 96 valence electrons. The predicted molar refractivity (Wildman–Crippen MR) is 72.8 cm³/mol. The summed E-state index contributed by atoms with van der Waals surface area (Å²) in [5.74, 6) is -0.0400. The average molecular weight is 286 g/mol. The van der Waals surface area contributed by atoms with Crippen molar-refractivity contribution in [3.63, 3.8) is 0 Å². The van der Waals surface area contributed by atoms with Crippen molar-refractivity contribution >= 4 is 22.9 Å². The van der Waals surface area contributed by atoms with Gasteiger partial charge in [0.05, 0.1) is 4.34 Å². The second-order valence-corrected chi connectivity index (χ2v) is 5.55. The fourth-order valence-corrected chi connectivity index (χ4v) is 2.62.